The maximum Gasteiger partial charge on any atom is 0.0701 e. The van der Waals surface area contributed by atoms with Crippen molar-refractivity contribution >= 4 is 28.2 Å². The average Bonchev–Trinajstić information content (AvgIpc) is 3.38. The molecule has 4 nitrogen and oxygen atoms in total. The van der Waals surface area contributed by atoms with Gasteiger partial charge in [0.2, 0.25) is 0 Å². The fourth-order valence-electron chi connectivity index (χ4n) is 5.47. The van der Waals surface area contributed by atoms with Gasteiger partial charge in [0.25, 0.3) is 0 Å². The summed E-state index contributed by atoms with van der Waals surface area (Å²) < 4.78 is 0. The van der Waals surface area contributed by atoms with Crippen molar-refractivity contribution in [2.24, 2.45) is 16.6 Å². The van der Waals surface area contributed by atoms with Crippen LogP contribution < -0.4 is 15.5 Å². The monoisotopic (exact) mass is 680 g/mol. The predicted octanol–water partition coefficient (Wildman–Crippen LogP) is 12.2. The number of nitrogens with zero attached hydrogens (tertiary/aromatic N) is 3. The van der Waals surface area contributed by atoms with Crippen molar-refractivity contribution in [1.29, 1.82) is 0 Å². The first kappa shape index (κ1) is 41.8. The molecule has 0 saturated carbocycles. The SMILES string of the molecule is C/C=C\N.C=CCC(=C/C)/N=C(\C=C/C)C1=CC=C(c2cccc(/C(=C/N(C)c3ccccc3N(C)CC)c3ccccc3)c2)C(C)C=C1.CC. The summed E-state index contributed by atoms with van der Waals surface area (Å²) in [5.41, 5.74) is 16.3. The number of benzene rings is 3. The predicted molar refractivity (Wildman–Crippen MR) is 229 cm³/mol. The Morgan fingerprint density at radius 1 is 0.863 bits per heavy atom. The summed E-state index contributed by atoms with van der Waals surface area (Å²) in [5, 5.41) is 0. The third kappa shape index (κ3) is 12.5. The summed E-state index contributed by atoms with van der Waals surface area (Å²) in [6.45, 7) is 19.2. The van der Waals surface area contributed by atoms with Crippen LogP contribution in [0.25, 0.3) is 11.1 Å². The molecule has 0 bridgehead atoms. The zero-order chi connectivity index (χ0) is 37.6. The zero-order valence-corrected chi connectivity index (χ0v) is 32.5. The van der Waals surface area contributed by atoms with Crippen LogP contribution in [0.4, 0.5) is 11.4 Å². The van der Waals surface area contributed by atoms with E-state index in [9.17, 15) is 0 Å². The molecular weight excluding hydrogens is 621 g/mol. The van der Waals surface area contributed by atoms with E-state index in [1.807, 2.05) is 46.8 Å². The van der Waals surface area contributed by atoms with Gasteiger partial charge in [-0.1, -0.05) is 130 Å². The number of anilines is 2. The van der Waals surface area contributed by atoms with E-state index >= 15 is 0 Å². The first-order valence-electron chi connectivity index (χ1n) is 18.1. The number of aliphatic imine (C=N–C) groups is 1. The molecule has 0 saturated heterocycles. The minimum Gasteiger partial charge on any atom is -0.405 e. The molecule has 51 heavy (non-hydrogen) atoms. The number of hydrogen-bond acceptors (Lipinski definition) is 4. The molecule has 4 rings (SSSR count). The van der Waals surface area contributed by atoms with E-state index in [2.05, 4.69) is 166 Å². The number of nitrogens with two attached hydrogens (primary N) is 1. The van der Waals surface area contributed by atoms with E-state index in [1.54, 1.807) is 6.08 Å². The quantitative estimate of drug-likeness (QED) is 0.153. The lowest BCUT2D eigenvalue weighted by atomic mass is 9.90. The largest absolute Gasteiger partial charge is 0.405 e. The standard InChI is InChI=1S/C42H47N3.C3H7N.C2H6/c1-8-18-37(10-3)43-40(19-9-2)34-27-26-32(5)38(29-28-34)35-22-17-23-36(30-35)39(33-20-13-12-14-21-33)31-45(7)42-25-16-15-24-41(42)44(6)11-4;1-2-3-4;1-2/h8-10,12-17,19-32H,1,11,18H2,2-7H3;2-3H,4H2,1H3;1-2H3/b19-9-,37-10-,39-31+,43-40+;3-2-;. The lowest BCUT2D eigenvalue weighted by molar-refractivity contribution is 0.962. The smallest absolute Gasteiger partial charge is 0.0701 e. The van der Waals surface area contributed by atoms with Crippen LogP contribution in [0.2, 0.25) is 0 Å². The van der Waals surface area contributed by atoms with Gasteiger partial charge in [-0.15, -0.1) is 6.58 Å². The summed E-state index contributed by atoms with van der Waals surface area (Å²) in [6, 6.07) is 28.2. The van der Waals surface area contributed by atoms with Crippen LogP contribution in [0.5, 0.6) is 0 Å². The third-order valence-electron chi connectivity index (χ3n) is 8.32. The molecular formula is C47H60N4. The maximum atomic E-state index is 4.96. The second-order valence-electron chi connectivity index (χ2n) is 11.8. The van der Waals surface area contributed by atoms with Gasteiger partial charge < -0.3 is 15.5 Å². The van der Waals surface area contributed by atoms with E-state index in [-0.39, 0.29) is 5.92 Å². The molecule has 268 valence electrons. The van der Waals surface area contributed by atoms with Crippen LogP contribution in [0, 0.1) is 5.92 Å². The molecule has 0 spiro atoms. The summed E-state index contributed by atoms with van der Waals surface area (Å²) in [7, 11) is 4.28. The van der Waals surface area contributed by atoms with Crippen LogP contribution in [-0.2, 0) is 0 Å². The van der Waals surface area contributed by atoms with Gasteiger partial charge in [0.15, 0.2) is 0 Å². The minimum absolute atomic E-state index is 0.235. The van der Waals surface area contributed by atoms with E-state index in [0.717, 1.165) is 29.9 Å². The summed E-state index contributed by atoms with van der Waals surface area (Å²) in [5.74, 6) is 0.235. The van der Waals surface area contributed by atoms with Gasteiger partial charge in [0, 0.05) is 44.5 Å². The van der Waals surface area contributed by atoms with Gasteiger partial charge in [-0.05, 0) is 91.9 Å². The fraction of sp³-hybridized carbons (Fsp3) is 0.255. The zero-order valence-electron chi connectivity index (χ0n) is 32.5. The number of para-hydroxylation sites is 2. The molecule has 0 aromatic heterocycles. The highest BCUT2D eigenvalue weighted by Crippen LogP contribution is 2.34. The molecule has 0 radical (unpaired) electrons. The summed E-state index contributed by atoms with van der Waals surface area (Å²) >= 11 is 0. The minimum atomic E-state index is 0.235. The van der Waals surface area contributed by atoms with Crippen LogP contribution >= 0.6 is 0 Å². The van der Waals surface area contributed by atoms with E-state index < -0.39 is 0 Å². The molecule has 1 atom stereocenters. The van der Waals surface area contributed by atoms with Gasteiger partial charge in [0.1, 0.15) is 0 Å². The van der Waals surface area contributed by atoms with Crippen LogP contribution in [0.1, 0.15) is 71.6 Å². The van der Waals surface area contributed by atoms with E-state index in [4.69, 9.17) is 10.7 Å². The Labute approximate surface area is 309 Å². The van der Waals surface area contributed by atoms with Crippen LogP contribution in [0.15, 0.2) is 169 Å². The number of rotatable bonds is 12. The highest BCUT2D eigenvalue weighted by atomic mass is 15.2. The Kier molecular flexibility index (Phi) is 19.0. The van der Waals surface area contributed by atoms with Gasteiger partial charge in [-0.2, -0.15) is 0 Å². The third-order valence-corrected chi connectivity index (χ3v) is 8.32. The van der Waals surface area contributed by atoms with Crippen molar-refractivity contribution in [2.45, 2.75) is 54.9 Å². The molecule has 3 aromatic carbocycles. The highest BCUT2D eigenvalue weighted by Gasteiger charge is 2.16. The van der Waals surface area contributed by atoms with Gasteiger partial charge in [-0.3, -0.25) is 4.99 Å². The second-order valence-corrected chi connectivity index (χ2v) is 11.8. The van der Waals surface area contributed by atoms with Gasteiger partial charge >= 0.3 is 0 Å². The average molecular weight is 681 g/mol. The van der Waals surface area contributed by atoms with Crippen molar-refractivity contribution < 1.29 is 0 Å². The molecule has 2 N–H and O–H groups in total. The lowest BCUT2D eigenvalue weighted by Crippen LogP contribution is -2.20. The van der Waals surface area contributed by atoms with Crippen molar-refractivity contribution in [3.8, 4) is 0 Å². The second kappa shape index (κ2) is 23.1. The number of hydrogen-bond donors (Lipinski definition) is 1. The lowest BCUT2D eigenvalue weighted by Gasteiger charge is -2.26. The molecule has 3 aromatic rings. The fourth-order valence-corrected chi connectivity index (χ4v) is 5.47. The molecule has 1 aliphatic carbocycles. The van der Waals surface area contributed by atoms with Crippen molar-refractivity contribution in [3.05, 3.63) is 180 Å². The van der Waals surface area contributed by atoms with Crippen molar-refractivity contribution in [3.63, 3.8) is 0 Å². The Hall–Kier alpha value is -5.35. The molecule has 0 fully saturated rings. The molecule has 0 heterocycles. The maximum absolute atomic E-state index is 4.96. The number of allylic oxidation sites excluding steroid dienone is 11. The summed E-state index contributed by atoms with van der Waals surface area (Å²) in [4.78, 5) is 9.49. The van der Waals surface area contributed by atoms with E-state index in [1.165, 1.54) is 45.4 Å². The van der Waals surface area contributed by atoms with E-state index in [0.29, 0.717) is 0 Å². The Morgan fingerprint density at radius 3 is 2.12 bits per heavy atom. The normalized spacial score (nSPS) is 14.8. The molecule has 1 unspecified atom stereocenters. The van der Waals surface area contributed by atoms with Gasteiger partial charge in [0.05, 0.1) is 17.1 Å². The Balaban J connectivity index is 0.00000140. The first-order chi connectivity index (χ1) is 24.8. The van der Waals surface area contributed by atoms with Crippen LogP contribution in [0.3, 0.4) is 0 Å². The molecule has 1 aliphatic rings. The van der Waals surface area contributed by atoms with Crippen molar-refractivity contribution in [2.75, 3.05) is 30.4 Å². The van der Waals surface area contributed by atoms with Crippen molar-refractivity contribution in [1.82, 2.24) is 0 Å². The highest BCUT2D eigenvalue weighted by molar-refractivity contribution is 6.11. The molecule has 0 amide bonds. The molecule has 0 aliphatic heterocycles. The first-order valence-corrected chi connectivity index (χ1v) is 18.1. The Morgan fingerprint density at radius 2 is 1.51 bits per heavy atom. The summed E-state index contributed by atoms with van der Waals surface area (Å²) in [6.07, 6.45) is 23.3. The van der Waals surface area contributed by atoms with Crippen LogP contribution in [-0.4, -0.2) is 26.4 Å². The topological polar surface area (TPSA) is 44.9 Å². The Bertz CT molecular complexity index is 1760. The van der Waals surface area contributed by atoms with Gasteiger partial charge in [-0.25, -0.2) is 0 Å². The molecule has 4 heteroatoms.